The highest BCUT2D eigenvalue weighted by molar-refractivity contribution is 7.19. The van der Waals surface area contributed by atoms with Crippen molar-refractivity contribution < 1.29 is 4.57 Å². The van der Waals surface area contributed by atoms with E-state index in [1.54, 1.807) is 0 Å². The topological polar surface area (TPSA) is 7.12 Å². The van der Waals surface area contributed by atoms with Gasteiger partial charge in [-0.2, -0.15) is 4.57 Å². The van der Waals surface area contributed by atoms with Crippen LogP contribution in [0.2, 0.25) is 0 Å². The van der Waals surface area contributed by atoms with Crippen molar-refractivity contribution >= 4 is 43.6 Å². The summed E-state index contributed by atoms with van der Waals surface area (Å²) in [6.45, 7) is 0.894. The number of allylic oxidation sites excluding steroid dienone is 2. The second-order valence-corrected chi connectivity index (χ2v) is 7.59. The molecule has 1 aliphatic heterocycles. The van der Waals surface area contributed by atoms with Crippen LogP contribution in [0, 0.1) is 0 Å². The van der Waals surface area contributed by atoms with Crippen LogP contribution in [0.25, 0.3) is 26.6 Å². The van der Waals surface area contributed by atoms with Crippen molar-refractivity contribution in [1.29, 1.82) is 0 Å². The molecule has 0 bridgehead atoms. The molecule has 0 saturated carbocycles. The quantitative estimate of drug-likeness (QED) is 0.443. The Morgan fingerprint density at radius 3 is 2.54 bits per heavy atom. The fraction of sp³-hybridized carbons (Fsp3) is 0.0870. The molecule has 4 aromatic rings. The van der Waals surface area contributed by atoms with E-state index < -0.39 is 0 Å². The summed E-state index contributed by atoms with van der Waals surface area (Å²) >= 11 is 1.87. The monoisotopic (exact) mass is 355 g/mol. The van der Waals surface area contributed by atoms with E-state index in [-0.39, 0.29) is 0 Å². The van der Waals surface area contributed by atoms with Gasteiger partial charge in [0.15, 0.2) is 0 Å². The van der Waals surface area contributed by atoms with Crippen LogP contribution in [0.1, 0.15) is 5.01 Å². The molecule has 2 heterocycles. The minimum atomic E-state index is 0.894. The molecule has 1 aliphatic rings. The van der Waals surface area contributed by atoms with E-state index in [1.165, 1.54) is 37.3 Å². The Morgan fingerprint density at radius 2 is 1.73 bits per heavy atom. The second kappa shape index (κ2) is 6.11. The summed E-state index contributed by atoms with van der Waals surface area (Å²) in [6.07, 6.45) is 6.73. The molecule has 0 aliphatic carbocycles. The SMILES string of the molecule is C[n+]1c(C2=CCN(c3ccccc3)C=C2)sc2ccc3ccccc3c21. The molecule has 0 amide bonds. The van der Waals surface area contributed by atoms with Gasteiger partial charge in [0.1, 0.15) is 11.7 Å². The maximum absolute atomic E-state index is 2.34. The number of anilines is 1. The van der Waals surface area contributed by atoms with Gasteiger partial charge in [0, 0.05) is 18.4 Å². The third-order valence-electron chi connectivity index (χ3n) is 4.99. The van der Waals surface area contributed by atoms with Crippen molar-refractivity contribution in [3.63, 3.8) is 0 Å². The number of hydrogen-bond donors (Lipinski definition) is 0. The fourth-order valence-corrected chi connectivity index (χ4v) is 4.84. The van der Waals surface area contributed by atoms with Gasteiger partial charge >= 0.3 is 0 Å². The Balaban J connectivity index is 1.56. The average Bonchev–Trinajstić information content (AvgIpc) is 3.06. The van der Waals surface area contributed by atoms with Gasteiger partial charge in [0.05, 0.1) is 11.0 Å². The molecule has 26 heavy (non-hydrogen) atoms. The zero-order valence-electron chi connectivity index (χ0n) is 14.6. The average molecular weight is 355 g/mol. The van der Waals surface area contributed by atoms with E-state index in [0.717, 1.165) is 6.54 Å². The number of benzene rings is 3. The third-order valence-corrected chi connectivity index (χ3v) is 6.24. The highest BCUT2D eigenvalue weighted by Crippen LogP contribution is 2.32. The minimum absolute atomic E-state index is 0.894. The lowest BCUT2D eigenvalue weighted by Gasteiger charge is -2.21. The lowest BCUT2D eigenvalue weighted by atomic mass is 10.1. The molecule has 0 saturated heterocycles. The van der Waals surface area contributed by atoms with Crippen molar-refractivity contribution in [2.24, 2.45) is 7.05 Å². The van der Waals surface area contributed by atoms with Gasteiger partial charge in [0.25, 0.3) is 5.01 Å². The van der Waals surface area contributed by atoms with Gasteiger partial charge in [-0.25, -0.2) is 0 Å². The van der Waals surface area contributed by atoms with Crippen LogP contribution in [0.5, 0.6) is 0 Å². The van der Waals surface area contributed by atoms with E-state index in [0.29, 0.717) is 0 Å². The maximum atomic E-state index is 2.34. The molecule has 2 nitrogen and oxygen atoms in total. The van der Waals surface area contributed by atoms with Crippen molar-refractivity contribution in [1.82, 2.24) is 0 Å². The molecule has 1 aromatic heterocycles. The highest BCUT2D eigenvalue weighted by Gasteiger charge is 2.22. The standard InChI is InChI=1S/C23H19N2S/c1-24-22-20-10-6-5-7-17(20)11-12-21(22)26-23(24)18-13-15-25(16-14-18)19-8-3-2-4-9-19/h2-15H,16H2,1H3/q+1. The first-order chi connectivity index (χ1) is 12.8. The first-order valence-electron chi connectivity index (χ1n) is 8.82. The van der Waals surface area contributed by atoms with Crippen LogP contribution in [0.15, 0.2) is 85.1 Å². The number of thiazole rings is 1. The van der Waals surface area contributed by atoms with Crippen LogP contribution < -0.4 is 9.47 Å². The summed E-state index contributed by atoms with van der Waals surface area (Å²) in [7, 11) is 2.18. The van der Waals surface area contributed by atoms with E-state index >= 15 is 0 Å². The number of rotatable bonds is 2. The maximum Gasteiger partial charge on any atom is 0.269 e. The fourth-order valence-electron chi connectivity index (χ4n) is 3.66. The molecule has 126 valence electrons. The predicted octanol–water partition coefficient (Wildman–Crippen LogP) is 5.30. The van der Waals surface area contributed by atoms with Crippen molar-refractivity contribution in [2.45, 2.75) is 0 Å². The number of aryl methyl sites for hydroxylation is 1. The summed E-state index contributed by atoms with van der Waals surface area (Å²) in [5.74, 6) is 0. The Hall–Kier alpha value is -2.91. The molecule has 0 atom stereocenters. The number of nitrogens with zero attached hydrogens (tertiary/aromatic N) is 2. The van der Waals surface area contributed by atoms with Crippen molar-refractivity contribution in [2.75, 3.05) is 11.4 Å². The predicted molar refractivity (Wildman–Crippen MR) is 111 cm³/mol. The van der Waals surface area contributed by atoms with E-state index in [1.807, 2.05) is 11.3 Å². The van der Waals surface area contributed by atoms with Crippen molar-refractivity contribution in [3.05, 3.63) is 90.1 Å². The molecular weight excluding hydrogens is 336 g/mol. The summed E-state index contributed by atoms with van der Waals surface area (Å²) in [4.78, 5) is 2.27. The normalized spacial score (nSPS) is 14.2. The van der Waals surface area contributed by atoms with Gasteiger partial charge in [-0.15, -0.1) is 0 Å². The van der Waals surface area contributed by atoms with Gasteiger partial charge < -0.3 is 4.90 Å². The molecule has 0 fully saturated rings. The number of para-hydroxylation sites is 1. The van der Waals surface area contributed by atoms with E-state index in [2.05, 4.69) is 102 Å². The third kappa shape index (κ3) is 2.44. The number of aromatic nitrogens is 1. The number of fused-ring (bicyclic) bond motifs is 3. The van der Waals surface area contributed by atoms with Crippen LogP contribution in [-0.4, -0.2) is 6.54 Å². The largest absolute Gasteiger partial charge is 0.344 e. The first-order valence-corrected chi connectivity index (χ1v) is 9.63. The van der Waals surface area contributed by atoms with Crippen LogP contribution in [0.4, 0.5) is 5.69 Å². The lowest BCUT2D eigenvalue weighted by molar-refractivity contribution is -0.641. The molecular formula is C23H19N2S+. The minimum Gasteiger partial charge on any atom is -0.344 e. The molecule has 3 aromatic carbocycles. The van der Waals surface area contributed by atoms with Gasteiger partial charge in [-0.1, -0.05) is 53.8 Å². The van der Waals surface area contributed by atoms with Gasteiger partial charge in [0.2, 0.25) is 5.52 Å². The first kappa shape index (κ1) is 15.4. The molecule has 3 heteroatoms. The molecule has 0 unspecified atom stereocenters. The zero-order valence-corrected chi connectivity index (χ0v) is 15.4. The summed E-state index contributed by atoms with van der Waals surface area (Å²) in [5, 5.41) is 3.92. The van der Waals surface area contributed by atoms with Crippen LogP contribution in [-0.2, 0) is 7.05 Å². The van der Waals surface area contributed by atoms with E-state index in [4.69, 9.17) is 0 Å². The second-order valence-electron chi connectivity index (χ2n) is 6.56. The van der Waals surface area contributed by atoms with Crippen LogP contribution >= 0.6 is 11.3 Å². The molecule has 0 spiro atoms. The Bertz CT molecular complexity index is 1170. The molecule has 0 N–H and O–H groups in total. The van der Waals surface area contributed by atoms with E-state index in [9.17, 15) is 0 Å². The lowest BCUT2D eigenvalue weighted by Crippen LogP contribution is -2.31. The highest BCUT2D eigenvalue weighted by atomic mass is 32.1. The Morgan fingerprint density at radius 1 is 0.923 bits per heavy atom. The van der Waals surface area contributed by atoms with Crippen LogP contribution in [0.3, 0.4) is 0 Å². The summed E-state index contributed by atoms with van der Waals surface area (Å²) in [6, 6.07) is 23.6. The summed E-state index contributed by atoms with van der Waals surface area (Å²) < 4.78 is 3.68. The Labute approximate surface area is 156 Å². The van der Waals surface area contributed by atoms with Gasteiger partial charge in [-0.3, -0.25) is 0 Å². The number of hydrogen-bond acceptors (Lipinski definition) is 2. The van der Waals surface area contributed by atoms with Crippen molar-refractivity contribution in [3.8, 4) is 0 Å². The molecule has 0 radical (unpaired) electrons. The smallest absolute Gasteiger partial charge is 0.269 e. The zero-order chi connectivity index (χ0) is 17.5. The molecule has 5 rings (SSSR count). The Kier molecular flexibility index (Phi) is 3.61. The van der Waals surface area contributed by atoms with Gasteiger partial charge in [-0.05, 0) is 41.8 Å². The summed E-state index contributed by atoms with van der Waals surface area (Å²) in [5.41, 5.74) is 3.85.